The van der Waals surface area contributed by atoms with Crippen molar-refractivity contribution in [3.8, 4) is 11.3 Å². The largest absolute Gasteiger partial charge is 0.342 e. The van der Waals surface area contributed by atoms with Gasteiger partial charge in [-0.2, -0.15) is 0 Å². The van der Waals surface area contributed by atoms with Gasteiger partial charge in [0, 0.05) is 18.7 Å². The Balaban J connectivity index is 1.84. The van der Waals surface area contributed by atoms with E-state index >= 15 is 0 Å². The molecule has 1 aliphatic rings. The molecular formula is C14H16N4O. The molecule has 98 valence electrons. The van der Waals surface area contributed by atoms with Gasteiger partial charge in [-0.3, -0.25) is 4.79 Å². The number of imidazole rings is 1. The van der Waals surface area contributed by atoms with E-state index in [4.69, 9.17) is 0 Å². The van der Waals surface area contributed by atoms with Gasteiger partial charge in [0.2, 0.25) is 5.91 Å². The van der Waals surface area contributed by atoms with Crippen LogP contribution in [-0.2, 0) is 17.6 Å². The van der Waals surface area contributed by atoms with Crippen molar-refractivity contribution in [3.05, 3.63) is 35.8 Å². The van der Waals surface area contributed by atoms with Crippen LogP contribution in [0.3, 0.4) is 0 Å². The summed E-state index contributed by atoms with van der Waals surface area (Å²) in [7, 11) is 1.92. The summed E-state index contributed by atoms with van der Waals surface area (Å²) in [5.74, 6) is 1.03. The first-order valence-corrected chi connectivity index (χ1v) is 6.38. The number of hydrogen-bond donors (Lipinski definition) is 3. The van der Waals surface area contributed by atoms with Gasteiger partial charge in [0.1, 0.15) is 5.82 Å². The predicted octanol–water partition coefficient (Wildman–Crippen LogP) is 1.33. The third kappa shape index (κ3) is 2.37. The van der Waals surface area contributed by atoms with Crippen molar-refractivity contribution in [3.63, 3.8) is 0 Å². The number of aromatic amines is 1. The van der Waals surface area contributed by atoms with Crippen LogP contribution in [-0.4, -0.2) is 29.5 Å². The van der Waals surface area contributed by atoms with Crippen LogP contribution >= 0.6 is 0 Å². The van der Waals surface area contributed by atoms with Gasteiger partial charge in [0.05, 0.1) is 18.3 Å². The standard InChI is InChI=1S/C14H16N4O/c1-15-5-4-13-16-8-12(17-13)9-2-3-11-10(6-9)7-14(19)18-11/h2-3,6,8,15H,4-5,7H2,1H3,(H,16,17)(H,18,19). The first-order valence-electron chi connectivity index (χ1n) is 6.38. The smallest absolute Gasteiger partial charge is 0.228 e. The number of carbonyl (C=O) groups excluding carboxylic acids is 1. The Kier molecular flexibility index (Phi) is 3.05. The van der Waals surface area contributed by atoms with Crippen LogP contribution in [0.15, 0.2) is 24.4 Å². The second-order valence-corrected chi connectivity index (χ2v) is 4.69. The Bertz CT molecular complexity index is 618. The quantitative estimate of drug-likeness (QED) is 0.773. The lowest BCUT2D eigenvalue weighted by atomic mass is 10.1. The van der Waals surface area contributed by atoms with E-state index in [9.17, 15) is 4.79 Å². The van der Waals surface area contributed by atoms with Crippen molar-refractivity contribution >= 4 is 11.6 Å². The zero-order valence-corrected chi connectivity index (χ0v) is 10.8. The summed E-state index contributed by atoms with van der Waals surface area (Å²) in [5, 5.41) is 5.93. The van der Waals surface area contributed by atoms with Crippen LogP contribution in [0, 0.1) is 0 Å². The summed E-state index contributed by atoms with van der Waals surface area (Å²) in [6.45, 7) is 0.898. The van der Waals surface area contributed by atoms with Crippen LogP contribution in [0.2, 0.25) is 0 Å². The van der Waals surface area contributed by atoms with Crippen molar-refractivity contribution in [2.24, 2.45) is 0 Å². The second kappa shape index (κ2) is 4.85. The molecular weight excluding hydrogens is 240 g/mol. The molecule has 2 aromatic rings. The average molecular weight is 256 g/mol. The fraction of sp³-hybridized carbons (Fsp3) is 0.286. The molecule has 19 heavy (non-hydrogen) atoms. The van der Waals surface area contributed by atoms with E-state index in [-0.39, 0.29) is 5.91 Å². The number of rotatable bonds is 4. The number of nitrogens with one attached hydrogen (secondary N) is 3. The molecule has 3 N–H and O–H groups in total. The lowest BCUT2D eigenvalue weighted by Gasteiger charge is -2.02. The van der Waals surface area contributed by atoms with Gasteiger partial charge >= 0.3 is 0 Å². The second-order valence-electron chi connectivity index (χ2n) is 4.69. The van der Waals surface area contributed by atoms with Crippen LogP contribution in [0.25, 0.3) is 11.3 Å². The van der Waals surface area contributed by atoms with Crippen molar-refractivity contribution in [2.75, 3.05) is 18.9 Å². The third-order valence-corrected chi connectivity index (χ3v) is 3.28. The Morgan fingerprint density at radius 3 is 3.16 bits per heavy atom. The highest BCUT2D eigenvalue weighted by Gasteiger charge is 2.18. The molecule has 5 heteroatoms. The molecule has 1 aromatic carbocycles. The van der Waals surface area contributed by atoms with Crippen LogP contribution in [0.1, 0.15) is 11.4 Å². The van der Waals surface area contributed by atoms with Crippen molar-refractivity contribution < 1.29 is 4.79 Å². The molecule has 0 fully saturated rings. The van der Waals surface area contributed by atoms with E-state index in [2.05, 4.69) is 20.6 Å². The molecule has 1 amide bonds. The van der Waals surface area contributed by atoms with Crippen molar-refractivity contribution in [1.82, 2.24) is 15.3 Å². The zero-order valence-electron chi connectivity index (χ0n) is 10.8. The molecule has 0 bridgehead atoms. The number of fused-ring (bicyclic) bond motifs is 1. The van der Waals surface area contributed by atoms with Gasteiger partial charge < -0.3 is 15.6 Å². The molecule has 1 aliphatic heterocycles. The maximum atomic E-state index is 11.3. The molecule has 1 aromatic heterocycles. The number of anilines is 1. The predicted molar refractivity (Wildman–Crippen MR) is 74.0 cm³/mol. The van der Waals surface area contributed by atoms with Crippen LogP contribution in [0.4, 0.5) is 5.69 Å². The Labute approximate surface area is 111 Å². The molecule has 0 spiro atoms. The average Bonchev–Trinajstić information content (AvgIpc) is 3.00. The summed E-state index contributed by atoms with van der Waals surface area (Å²) < 4.78 is 0. The number of aromatic nitrogens is 2. The number of amides is 1. The van der Waals surface area contributed by atoms with Crippen molar-refractivity contribution in [2.45, 2.75) is 12.8 Å². The Morgan fingerprint density at radius 1 is 1.42 bits per heavy atom. The highest BCUT2D eigenvalue weighted by atomic mass is 16.1. The van der Waals surface area contributed by atoms with E-state index in [0.29, 0.717) is 6.42 Å². The van der Waals surface area contributed by atoms with Gasteiger partial charge in [-0.25, -0.2) is 4.98 Å². The first-order chi connectivity index (χ1) is 9.26. The number of hydrogen-bond acceptors (Lipinski definition) is 3. The minimum atomic E-state index is 0.0615. The summed E-state index contributed by atoms with van der Waals surface area (Å²) in [6.07, 6.45) is 3.18. The van der Waals surface area contributed by atoms with Gasteiger partial charge in [-0.15, -0.1) is 0 Å². The summed E-state index contributed by atoms with van der Waals surface area (Å²) in [6, 6.07) is 5.99. The molecule has 2 heterocycles. The molecule has 5 nitrogen and oxygen atoms in total. The van der Waals surface area contributed by atoms with E-state index < -0.39 is 0 Å². The molecule has 0 aliphatic carbocycles. The fourth-order valence-corrected chi connectivity index (χ4v) is 2.28. The van der Waals surface area contributed by atoms with Gasteiger partial charge in [-0.1, -0.05) is 6.07 Å². The topological polar surface area (TPSA) is 69.8 Å². The fourth-order valence-electron chi connectivity index (χ4n) is 2.28. The Morgan fingerprint density at radius 2 is 2.32 bits per heavy atom. The molecule has 0 saturated heterocycles. The molecule has 0 atom stereocenters. The lowest BCUT2D eigenvalue weighted by Crippen LogP contribution is -2.10. The third-order valence-electron chi connectivity index (χ3n) is 3.28. The number of benzene rings is 1. The maximum absolute atomic E-state index is 11.3. The highest BCUT2D eigenvalue weighted by molar-refractivity contribution is 5.99. The first kappa shape index (κ1) is 11.9. The minimum Gasteiger partial charge on any atom is -0.342 e. The highest BCUT2D eigenvalue weighted by Crippen LogP contribution is 2.28. The maximum Gasteiger partial charge on any atom is 0.228 e. The number of nitrogens with zero attached hydrogens (tertiary/aromatic N) is 1. The number of H-pyrrole nitrogens is 1. The monoisotopic (exact) mass is 256 g/mol. The van der Waals surface area contributed by atoms with E-state index in [0.717, 1.165) is 41.3 Å². The summed E-state index contributed by atoms with van der Waals surface area (Å²) in [4.78, 5) is 19.0. The normalized spacial score (nSPS) is 13.4. The molecule has 0 saturated carbocycles. The zero-order chi connectivity index (χ0) is 13.2. The summed E-state index contributed by atoms with van der Waals surface area (Å²) in [5.41, 5.74) is 4.03. The van der Waals surface area contributed by atoms with E-state index in [1.807, 2.05) is 31.4 Å². The Hall–Kier alpha value is -2.14. The van der Waals surface area contributed by atoms with Crippen LogP contribution in [0.5, 0.6) is 0 Å². The number of carbonyl (C=O) groups is 1. The molecule has 0 unspecified atom stereocenters. The van der Waals surface area contributed by atoms with Crippen LogP contribution < -0.4 is 10.6 Å². The van der Waals surface area contributed by atoms with Gasteiger partial charge in [0.15, 0.2) is 0 Å². The van der Waals surface area contributed by atoms with Gasteiger partial charge in [-0.05, 0) is 30.3 Å². The van der Waals surface area contributed by atoms with Crippen molar-refractivity contribution in [1.29, 1.82) is 0 Å². The summed E-state index contributed by atoms with van der Waals surface area (Å²) >= 11 is 0. The number of likely N-dealkylation sites (N-methyl/N-ethyl adjacent to an activating group) is 1. The minimum absolute atomic E-state index is 0.0615. The molecule has 3 rings (SSSR count). The van der Waals surface area contributed by atoms with Gasteiger partial charge in [0.25, 0.3) is 0 Å². The lowest BCUT2D eigenvalue weighted by molar-refractivity contribution is -0.115. The molecule has 0 radical (unpaired) electrons. The SMILES string of the molecule is CNCCc1ncc(-c2ccc3c(c2)CC(=O)N3)[nH]1. The van der Waals surface area contributed by atoms with E-state index in [1.54, 1.807) is 0 Å². The van der Waals surface area contributed by atoms with E-state index in [1.165, 1.54) is 0 Å².